The minimum Gasteiger partial charge on any atom is -0.338 e. The molecule has 2 aromatic heterocycles. The van der Waals surface area contributed by atoms with Gasteiger partial charge >= 0.3 is 0 Å². The maximum absolute atomic E-state index is 12.0. The number of nitrogens with zero attached hydrogens (tertiary/aromatic N) is 3. The quantitative estimate of drug-likeness (QED) is 0.786. The van der Waals surface area contributed by atoms with E-state index in [0.29, 0.717) is 18.8 Å². The standard InChI is InChI=1S/C12H15N3O/c1-3-14(4-2)12(16)10-9-15-8-6-5-7-11(15)13-10/h5-9H,3-4H2,1-2H3. The number of fused-ring (bicyclic) bond motifs is 1. The smallest absolute Gasteiger partial charge is 0.274 e. The van der Waals surface area contributed by atoms with Crippen molar-refractivity contribution in [3.05, 3.63) is 36.3 Å². The van der Waals surface area contributed by atoms with Crippen LogP contribution in [0, 0.1) is 0 Å². The van der Waals surface area contributed by atoms with E-state index in [4.69, 9.17) is 0 Å². The van der Waals surface area contributed by atoms with Crippen molar-refractivity contribution in [1.82, 2.24) is 14.3 Å². The molecule has 0 radical (unpaired) electrons. The third-order valence-electron chi connectivity index (χ3n) is 2.63. The SMILES string of the molecule is CCN(CC)C(=O)c1cn2ccccc2n1. The zero-order chi connectivity index (χ0) is 11.5. The van der Waals surface area contributed by atoms with Gasteiger partial charge in [0.05, 0.1) is 0 Å². The highest BCUT2D eigenvalue weighted by molar-refractivity contribution is 5.92. The maximum atomic E-state index is 12.0. The second kappa shape index (κ2) is 4.35. The largest absolute Gasteiger partial charge is 0.338 e. The minimum atomic E-state index is -0.00583. The molecule has 4 nitrogen and oxygen atoms in total. The summed E-state index contributed by atoms with van der Waals surface area (Å²) in [6.07, 6.45) is 3.66. The van der Waals surface area contributed by atoms with Crippen LogP contribution in [-0.4, -0.2) is 33.3 Å². The topological polar surface area (TPSA) is 37.6 Å². The number of amides is 1. The molecule has 0 spiro atoms. The Kier molecular flexibility index (Phi) is 2.90. The van der Waals surface area contributed by atoms with Gasteiger partial charge in [0, 0.05) is 25.5 Å². The summed E-state index contributed by atoms with van der Waals surface area (Å²) in [5, 5.41) is 0. The normalized spacial score (nSPS) is 10.6. The molecule has 0 aliphatic heterocycles. The second-order valence-corrected chi connectivity index (χ2v) is 3.57. The Morgan fingerprint density at radius 2 is 2.12 bits per heavy atom. The van der Waals surface area contributed by atoms with Gasteiger partial charge in [-0.25, -0.2) is 4.98 Å². The minimum absolute atomic E-state index is 0.00583. The molecule has 1 amide bonds. The number of imidazole rings is 1. The molecule has 2 heterocycles. The second-order valence-electron chi connectivity index (χ2n) is 3.57. The molecule has 84 valence electrons. The molecule has 0 aliphatic rings. The van der Waals surface area contributed by atoms with E-state index in [1.54, 1.807) is 11.1 Å². The van der Waals surface area contributed by atoms with Crippen molar-refractivity contribution in [1.29, 1.82) is 0 Å². The Bertz CT molecular complexity index is 467. The highest BCUT2D eigenvalue weighted by Gasteiger charge is 2.15. The van der Waals surface area contributed by atoms with E-state index in [0.717, 1.165) is 5.65 Å². The van der Waals surface area contributed by atoms with Gasteiger partial charge in [0.25, 0.3) is 5.91 Å². The van der Waals surface area contributed by atoms with Crippen LogP contribution in [0.1, 0.15) is 24.3 Å². The highest BCUT2D eigenvalue weighted by Crippen LogP contribution is 2.07. The Morgan fingerprint density at radius 1 is 1.38 bits per heavy atom. The van der Waals surface area contributed by atoms with E-state index < -0.39 is 0 Å². The van der Waals surface area contributed by atoms with Crippen molar-refractivity contribution in [2.75, 3.05) is 13.1 Å². The fourth-order valence-corrected chi connectivity index (χ4v) is 1.71. The molecular weight excluding hydrogens is 202 g/mol. The van der Waals surface area contributed by atoms with Crippen molar-refractivity contribution in [3.8, 4) is 0 Å². The molecule has 0 saturated heterocycles. The van der Waals surface area contributed by atoms with Crippen LogP contribution < -0.4 is 0 Å². The first-order valence-electron chi connectivity index (χ1n) is 5.49. The number of carbonyl (C=O) groups is 1. The van der Waals surface area contributed by atoms with Gasteiger partial charge in [-0.05, 0) is 26.0 Å². The predicted octanol–water partition coefficient (Wildman–Crippen LogP) is 1.82. The molecule has 0 atom stereocenters. The van der Waals surface area contributed by atoms with Crippen LogP contribution in [0.4, 0.5) is 0 Å². The number of rotatable bonds is 3. The lowest BCUT2D eigenvalue weighted by Crippen LogP contribution is -2.30. The molecule has 2 aromatic rings. The lowest BCUT2D eigenvalue weighted by Gasteiger charge is -2.16. The first kappa shape index (κ1) is 10.7. The summed E-state index contributed by atoms with van der Waals surface area (Å²) < 4.78 is 1.86. The number of pyridine rings is 1. The van der Waals surface area contributed by atoms with E-state index in [-0.39, 0.29) is 5.91 Å². The van der Waals surface area contributed by atoms with E-state index >= 15 is 0 Å². The van der Waals surface area contributed by atoms with E-state index in [1.807, 2.05) is 42.6 Å². The number of aromatic nitrogens is 2. The predicted molar refractivity (Wildman–Crippen MR) is 62.4 cm³/mol. The third kappa shape index (κ3) is 1.78. The summed E-state index contributed by atoms with van der Waals surface area (Å²) in [6.45, 7) is 5.36. The summed E-state index contributed by atoms with van der Waals surface area (Å²) >= 11 is 0. The van der Waals surface area contributed by atoms with E-state index in [1.165, 1.54) is 0 Å². The van der Waals surface area contributed by atoms with Gasteiger partial charge in [-0.2, -0.15) is 0 Å². The molecule has 4 heteroatoms. The monoisotopic (exact) mass is 217 g/mol. The van der Waals surface area contributed by atoms with Gasteiger partial charge in [0.2, 0.25) is 0 Å². The van der Waals surface area contributed by atoms with Crippen molar-refractivity contribution >= 4 is 11.6 Å². The van der Waals surface area contributed by atoms with Crippen molar-refractivity contribution < 1.29 is 4.79 Å². The fourth-order valence-electron chi connectivity index (χ4n) is 1.71. The van der Waals surface area contributed by atoms with Crippen LogP contribution >= 0.6 is 0 Å². The van der Waals surface area contributed by atoms with Gasteiger partial charge in [-0.3, -0.25) is 4.79 Å². The van der Waals surface area contributed by atoms with Gasteiger partial charge < -0.3 is 9.30 Å². The average Bonchev–Trinajstić information content (AvgIpc) is 2.74. The summed E-state index contributed by atoms with van der Waals surface area (Å²) in [5.41, 5.74) is 1.31. The van der Waals surface area contributed by atoms with Crippen molar-refractivity contribution in [2.24, 2.45) is 0 Å². The summed E-state index contributed by atoms with van der Waals surface area (Å²) in [5.74, 6) is -0.00583. The third-order valence-corrected chi connectivity index (χ3v) is 2.63. The van der Waals surface area contributed by atoms with Gasteiger partial charge in [0.15, 0.2) is 0 Å². The molecule has 0 unspecified atom stereocenters. The van der Waals surface area contributed by atoms with Gasteiger partial charge in [0.1, 0.15) is 11.3 Å². The molecule has 0 saturated carbocycles. The first-order chi connectivity index (χ1) is 7.76. The molecule has 0 aliphatic carbocycles. The Labute approximate surface area is 94.5 Å². The van der Waals surface area contributed by atoms with Crippen LogP contribution in [0.3, 0.4) is 0 Å². The molecule has 0 aromatic carbocycles. The Morgan fingerprint density at radius 3 is 2.75 bits per heavy atom. The first-order valence-corrected chi connectivity index (χ1v) is 5.49. The van der Waals surface area contributed by atoms with Crippen molar-refractivity contribution in [2.45, 2.75) is 13.8 Å². The molecule has 0 bridgehead atoms. The molecule has 0 fully saturated rings. The van der Waals surface area contributed by atoms with E-state index in [9.17, 15) is 4.79 Å². The van der Waals surface area contributed by atoms with Crippen LogP contribution in [0.25, 0.3) is 5.65 Å². The van der Waals surface area contributed by atoms with Crippen LogP contribution in [0.5, 0.6) is 0 Å². The molecular formula is C12H15N3O. The zero-order valence-corrected chi connectivity index (χ0v) is 9.55. The van der Waals surface area contributed by atoms with Crippen molar-refractivity contribution in [3.63, 3.8) is 0 Å². The molecule has 2 rings (SSSR count). The Hall–Kier alpha value is -1.84. The number of hydrogen-bond donors (Lipinski definition) is 0. The average molecular weight is 217 g/mol. The zero-order valence-electron chi connectivity index (χ0n) is 9.55. The number of hydrogen-bond acceptors (Lipinski definition) is 2. The van der Waals surface area contributed by atoms with Crippen LogP contribution in [0.15, 0.2) is 30.6 Å². The molecule has 0 N–H and O–H groups in total. The highest BCUT2D eigenvalue weighted by atomic mass is 16.2. The van der Waals surface area contributed by atoms with E-state index in [2.05, 4.69) is 4.98 Å². The summed E-state index contributed by atoms with van der Waals surface area (Å²) in [4.78, 5) is 18.1. The summed E-state index contributed by atoms with van der Waals surface area (Å²) in [7, 11) is 0. The number of carbonyl (C=O) groups excluding carboxylic acids is 1. The fraction of sp³-hybridized carbons (Fsp3) is 0.333. The van der Waals surface area contributed by atoms with Gasteiger partial charge in [-0.15, -0.1) is 0 Å². The lowest BCUT2D eigenvalue weighted by atomic mass is 10.4. The van der Waals surface area contributed by atoms with Crippen LogP contribution in [-0.2, 0) is 0 Å². The maximum Gasteiger partial charge on any atom is 0.274 e. The molecule has 16 heavy (non-hydrogen) atoms. The summed E-state index contributed by atoms with van der Waals surface area (Å²) in [6, 6.07) is 5.72. The lowest BCUT2D eigenvalue weighted by molar-refractivity contribution is 0.0768. The van der Waals surface area contributed by atoms with Gasteiger partial charge in [-0.1, -0.05) is 6.07 Å². The Balaban J connectivity index is 2.36. The van der Waals surface area contributed by atoms with Crippen LogP contribution in [0.2, 0.25) is 0 Å².